The lowest BCUT2D eigenvalue weighted by atomic mass is 10.1. The minimum atomic E-state index is -0.968. The Morgan fingerprint density at radius 3 is 3.00 bits per heavy atom. The first kappa shape index (κ1) is 13.0. The van der Waals surface area contributed by atoms with Crippen LogP contribution in [0, 0.1) is 0 Å². The Hall–Kier alpha value is -1.10. The molecule has 0 bridgehead atoms. The van der Waals surface area contributed by atoms with Crippen molar-refractivity contribution in [2.75, 3.05) is 5.32 Å². The lowest BCUT2D eigenvalue weighted by Crippen LogP contribution is -2.16. The number of rotatable bonds is 7. The number of hydrogen-bond donors (Lipinski definition) is 2. The molecule has 0 saturated carbocycles. The monoisotopic (exact) mass is 242 g/mol. The molecular weight excluding hydrogens is 224 g/mol. The predicted octanol–water partition coefficient (Wildman–Crippen LogP) is 3.22. The molecule has 0 amide bonds. The van der Waals surface area contributed by atoms with Gasteiger partial charge in [0.15, 0.2) is 5.69 Å². The molecular formula is C11H18N2O2S. The van der Waals surface area contributed by atoms with Gasteiger partial charge in [0.2, 0.25) is 0 Å². The molecule has 1 atom stereocenters. The molecule has 4 nitrogen and oxygen atoms in total. The second-order valence-electron chi connectivity index (χ2n) is 3.88. The van der Waals surface area contributed by atoms with Crippen LogP contribution in [0.2, 0.25) is 0 Å². The van der Waals surface area contributed by atoms with Crippen molar-refractivity contribution < 1.29 is 9.90 Å². The molecule has 1 unspecified atom stereocenters. The van der Waals surface area contributed by atoms with Crippen molar-refractivity contribution in [1.82, 2.24) is 4.98 Å². The Morgan fingerprint density at radius 2 is 2.38 bits per heavy atom. The van der Waals surface area contributed by atoms with Gasteiger partial charge in [0.25, 0.3) is 0 Å². The summed E-state index contributed by atoms with van der Waals surface area (Å²) in [7, 11) is 0. The molecule has 5 heteroatoms. The Balaban J connectivity index is 2.46. The zero-order valence-corrected chi connectivity index (χ0v) is 10.5. The minimum Gasteiger partial charge on any atom is -0.476 e. The summed E-state index contributed by atoms with van der Waals surface area (Å²) in [6.07, 6.45) is 4.66. The van der Waals surface area contributed by atoms with Crippen LogP contribution in [0.4, 0.5) is 5.00 Å². The molecule has 16 heavy (non-hydrogen) atoms. The smallest absolute Gasteiger partial charge is 0.357 e. The fourth-order valence-electron chi connectivity index (χ4n) is 1.50. The number of carbonyl (C=O) groups is 1. The van der Waals surface area contributed by atoms with E-state index >= 15 is 0 Å². The fourth-order valence-corrected chi connectivity index (χ4v) is 2.28. The highest BCUT2D eigenvalue weighted by Gasteiger charge is 2.14. The van der Waals surface area contributed by atoms with Crippen LogP contribution >= 0.6 is 11.3 Å². The summed E-state index contributed by atoms with van der Waals surface area (Å²) in [5.41, 5.74) is 1.69. The zero-order valence-electron chi connectivity index (χ0n) is 9.69. The summed E-state index contributed by atoms with van der Waals surface area (Å²) in [5.74, 6) is -0.968. The van der Waals surface area contributed by atoms with Gasteiger partial charge in [0.05, 0.1) is 5.51 Å². The number of nitrogens with zero attached hydrogens (tertiary/aromatic N) is 1. The van der Waals surface area contributed by atoms with Crippen molar-refractivity contribution in [3.63, 3.8) is 0 Å². The molecule has 90 valence electrons. The highest BCUT2D eigenvalue weighted by molar-refractivity contribution is 7.14. The van der Waals surface area contributed by atoms with E-state index in [1.54, 1.807) is 5.51 Å². The molecule has 2 N–H and O–H groups in total. The van der Waals surface area contributed by atoms with Gasteiger partial charge in [-0.15, -0.1) is 11.3 Å². The summed E-state index contributed by atoms with van der Waals surface area (Å²) in [6, 6.07) is 0.296. The van der Waals surface area contributed by atoms with Crippen molar-refractivity contribution in [1.29, 1.82) is 0 Å². The highest BCUT2D eigenvalue weighted by Crippen LogP contribution is 2.22. The van der Waals surface area contributed by atoms with Gasteiger partial charge >= 0.3 is 5.97 Å². The van der Waals surface area contributed by atoms with E-state index in [2.05, 4.69) is 24.1 Å². The minimum absolute atomic E-state index is 0.132. The average Bonchev–Trinajstić information content (AvgIpc) is 2.66. The third-order valence-electron chi connectivity index (χ3n) is 2.39. The maximum Gasteiger partial charge on any atom is 0.357 e. The van der Waals surface area contributed by atoms with Crippen LogP contribution in [0.25, 0.3) is 0 Å². The van der Waals surface area contributed by atoms with Crippen molar-refractivity contribution in [3.05, 3.63) is 11.2 Å². The first-order valence-corrected chi connectivity index (χ1v) is 6.46. The van der Waals surface area contributed by atoms with E-state index in [4.69, 9.17) is 5.11 Å². The van der Waals surface area contributed by atoms with Crippen LogP contribution in [-0.2, 0) is 0 Å². The number of carboxylic acid groups (broad SMARTS) is 1. The van der Waals surface area contributed by atoms with Gasteiger partial charge in [-0.2, -0.15) is 0 Å². The molecule has 0 spiro atoms. The lowest BCUT2D eigenvalue weighted by Gasteiger charge is -2.13. The first-order valence-electron chi connectivity index (χ1n) is 5.58. The summed E-state index contributed by atoms with van der Waals surface area (Å²) >= 11 is 1.34. The Bertz CT molecular complexity index is 338. The van der Waals surface area contributed by atoms with Crippen LogP contribution in [-0.4, -0.2) is 22.1 Å². The van der Waals surface area contributed by atoms with E-state index < -0.39 is 5.97 Å². The molecule has 0 aliphatic rings. The lowest BCUT2D eigenvalue weighted by molar-refractivity contribution is 0.0692. The quantitative estimate of drug-likeness (QED) is 0.721. The first-order chi connectivity index (χ1) is 7.65. The summed E-state index contributed by atoms with van der Waals surface area (Å²) in [6.45, 7) is 4.24. The van der Waals surface area contributed by atoms with E-state index in [0.717, 1.165) is 6.42 Å². The van der Waals surface area contributed by atoms with E-state index in [1.807, 2.05) is 0 Å². The number of thiazole rings is 1. The molecule has 0 aromatic carbocycles. The van der Waals surface area contributed by atoms with Crippen LogP contribution in [0.5, 0.6) is 0 Å². The molecule has 0 fully saturated rings. The van der Waals surface area contributed by atoms with Crippen molar-refractivity contribution in [3.8, 4) is 0 Å². The van der Waals surface area contributed by atoms with E-state index in [-0.39, 0.29) is 5.69 Å². The third kappa shape index (κ3) is 3.81. The van der Waals surface area contributed by atoms with Gasteiger partial charge in [-0.1, -0.05) is 26.2 Å². The van der Waals surface area contributed by atoms with Crippen LogP contribution in [0.15, 0.2) is 5.51 Å². The summed E-state index contributed by atoms with van der Waals surface area (Å²) in [5, 5.41) is 12.8. The molecule has 0 radical (unpaired) electrons. The van der Waals surface area contributed by atoms with Crippen LogP contribution < -0.4 is 5.32 Å². The SMILES string of the molecule is CCCCCC(C)Nc1scnc1C(=O)O. The Labute approximate surface area is 99.7 Å². The number of aromatic carboxylic acids is 1. The second-order valence-corrected chi connectivity index (χ2v) is 4.73. The molecule has 1 aromatic rings. The number of carboxylic acids is 1. The van der Waals surface area contributed by atoms with E-state index in [9.17, 15) is 4.79 Å². The number of unbranched alkanes of at least 4 members (excludes halogenated alkanes) is 2. The third-order valence-corrected chi connectivity index (χ3v) is 3.15. The molecule has 0 aliphatic heterocycles. The summed E-state index contributed by atoms with van der Waals surface area (Å²) < 4.78 is 0. The zero-order chi connectivity index (χ0) is 12.0. The van der Waals surface area contributed by atoms with Crippen molar-refractivity contribution >= 4 is 22.3 Å². The van der Waals surface area contributed by atoms with Crippen molar-refractivity contribution in [2.45, 2.75) is 45.6 Å². The van der Waals surface area contributed by atoms with Crippen LogP contribution in [0.3, 0.4) is 0 Å². The van der Waals surface area contributed by atoms with Gasteiger partial charge in [-0.3, -0.25) is 0 Å². The number of aromatic nitrogens is 1. The van der Waals surface area contributed by atoms with Gasteiger partial charge in [0.1, 0.15) is 5.00 Å². The number of hydrogen-bond acceptors (Lipinski definition) is 4. The highest BCUT2D eigenvalue weighted by atomic mass is 32.1. The molecule has 0 aliphatic carbocycles. The standard InChI is InChI=1S/C11H18N2O2S/c1-3-4-5-6-8(2)13-10-9(11(14)15)12-7-16-10/h7-8,13H,3-6H2,1-2H3,(H,14,15). The maximum absolute atomic E-state index is 10.8. The van der Waals surface area contributed by atoms with Crippen molar-refractivity contribution in [2.24, 2.45) is 0 Å². The Morgan fingerprint density at radius 1 is 1.62 bits per heavy atom. The maximum atomic E-state index is 10.8. The van der Waals surface area contributed by atoms with Crippen LogP contribution in [0.1, 0.15) is 50.0 Å². The molecule has 0 saturated heterocycles. The largest absolute Gasteiger partial charge is 0.476 e. The van der Waals surface area contributed by atoms with E-state index in [1.165, 1.54) is 30.6 Å². The average molecular weight is 242 g/mol. The predicted molar refractivity (Wildman–Crippen MR) is 66.3 cm³/mol. The number of anilines is 1. The normalized spacial score (nSPS) is 12.4. The number of nitrogens with one attached hydrogen (secondary N) is 1. The van der Waals surface area contributed by atoms with Gasteiger partial charge in [0, 0.05) is 6.04 Å². The second kappa shape index (κ2) is 6.48. The topological polar surface area (TPSA) is 62.2 Å². The molecule has 1 heterocycles. The van der Waals surface area contributed by atoms with Gasteiger partial charge in [-0.05, 0) is 13.3 Å². The molecule has 1 rings (SSSR count). The molecule has 1 aromatic heterocycles. The Kier molecular flexibility index (Phi) is 5.25. The van der Waals surface area contributed by atoms with E-state index in [0.29, 0.717) is 11.0 Å². The van der Waals surface area contributed by atoms with Gasteiger partial charge in [-0.25, -0.2) is 9.78 Å². The summed E-state index contributed by atoms with van der Waals surface area (Å²) in [4.78, 5) is 14.7. The van der Waals surface area contributed by atoms with Gasteiger partial charge < -0.3 is 10.4 Å². The fraction of sp³-hybridized carbons (Fsp3) is 0.636.